The van der Waals surface area contributed by atoms with Crippen molar-refractivity contribution in [2.24, 2.45) is 0 Å². The highest BCUT2D eigenvalue weighted by Crippen LogP contribution is 2.17. The van der Waals surface area contributed by atoms with Crippen LogP contribution in [0.15, 0.2) is 30.5 Å². The minimum Gasteiger partial charge on any atom is -0.394 e. The summed E-state index contributed by atoms with van der Waals surface area (Å²) in [7, 11) is 0. The van der Waals surface area contributed by atoms with Gasteiger partial charge in [0.05, 0.1) is 19.3 Å². The highest BCUT2D eigenvalue weighted by atomic mass is 16.3. The van der Waals surface area contributed by atoms with Gasteiger partial charge in [-0.25, -0.2) is 0 Å². The van der Waals surface area contributed by atoms with Crippen molar-refractivity contribution in [3.63, 3.8) is 0 Å². The molecule has 0 fully saturated rings. The molecule has 0 radical (unpaired) electrons. The molecule has 1 aromatic carbocycles. The Morgan fingerprint density at radius 3 is 2.87 bits per heavy atom. The van der Waals surface area contributed by atoms with Gasteiger partial charge in [0, 0.05) is 11.7 Å². The lowest BCUT2D eigenvalue weighted by Crippen LogP contribution is -2.19. The first-order valence-corrected chi connectivity index (χ1v) is 5.05. The van der Waals surface area contributed by atoms with Crippen LogP contribution in [0, 0.1) is 6.92 Å². The predicted octanol–water partition coefficient (Wildman–Crippen LogP) is 1.30. The molecular weight excluding hydrogens is 190 g/mol. The van der Waals surface area contributed by atoms with Crippen LogP contribution in [0.3, 0.4) is 0 Å². The number of aliphatic hydroxyl groups excluding tert-OH is 2. The van der Waals surface area contributed by atoms with Crippen molar-refractivity contribution in [2.45, 2.75) is 19.6 Å². The van der Waals surface area contributed by atoms with E-state index in [1.54, 1.807) is 0 Å². The van der Waals surface area contributed by atoms with Crippen LogP contribution in [0.5, 0.6) is 0 Å². The van der Waals surface area contributed by atoms with Gasteiger partial charge in [0.2, 0.25) is 0 Å². The number of benzene rings is 1. The van der Waals surface area contributed by atoms with E-state index in [1.165, 1.54) is 10.9 Å². The first kappa shape index (κ1) is 10.2. The van der Waals surface area contributed by atoms with Gasteiger partial charge < -0.3 is 14.8 Å². The molecular formula is C12H15NO2. The molecule has 2 N–H and O–H groups in total. The van der Waals surface area contributed by atoms with Crippen LogP contribution in [0.1, 0.15) is 5.56 Å². The zero-order valence-electron chi connectivity index (χ0n) is 8.72. The second-order valence-corrected chi connectivity index (χ2v) is 3.87. The largest absolute Gasteiger partial charge is 0.394 e. The second kappa shape index (κ2) is 4.04. The Balaban J connectivity index is 2.36. The summed E-state index contributed by atoms with van der Waals surface area (Å²) in [6.45, 7) is 2.29. The van der Waals surface area contributed by atoms with Crippen LogP contribution in [0.25, 0.3) is 10.9 Å². The maximum Gasteiger partial charge on any atom is 0.0949 e. The lowest BCUT2D eigenvalue weighted by Gasteiger charge is -2.09. The first-order valence-electron chi connectivity index (χ1n) is 5.05. The molecule has 1 heterocycles. The van der Waals surface area contributed by atoms with Crippen LogP contribution in [-0.4, -0.2) is 27.5 Å². The molecule has 1 atom stereocenters. The molecule has 0 aliphatic rings. The summed E-state index contributed by atoms with van der Waals surface area (Å²) in [4.78, 5) is 0. The third-order valence-electron chi connectivity index (χ3n) is 2.54. The maximum absolute atomic E-state index is 9.37. The Hall–Kier alpha value is -1.32. The Morgan fingerprint density at radius 1 is 1.33 bits per heavy atom. The summed E-state index contributed by atoms with van der Waals surface area (Å²) in [5.74, 6) is 0. The lowest BCUT2D eigenvalue weighted by molar-refractivity contribution is 0.0822. The summed E-state index contributed by atoms with van der Waals surface area (Å²) in [6.07, 6.45) is 1.24. The van der Waals surface area contributed by atoms with Gasteiger partial charge in [-0.05, 0) is 30.5 Å². The average molecular weight is 205 g/mol. The molecule has 0 saturated heterocycles. The van der Waals surface area contributed by atoms with Crippen molar-refractivity contribution in [3.05, 3.63) is 36.0 Å². The summed E-state index contributed by atoms with van der Waals surface area (Å²) in [5, 5.41) is 19.3. The Bertz CT molecular complexity index is 462. The molecule has 15 heavy (non-hydrogen) atoms. The topological polar surface area (TPSA) is 45.4 Å². The highest BCUT2D eigenvalue weighted by molar-refractivity contribution is 5.80. The fraction of sp³-hybridized carbons (Fsp3) is 0.333. The zero-order chi connectivity index (χ0) is 10.8. The van der Waals surface area contributed by atoms with E-state index in [0.717, 1.165) is 5.52 Å². The minimum atomic E-state index is -0.693. The number of aromatic nitrogens is 1. The van der Waals surface area contributed by atoms with Crippen molar-refractivity contribution in [2.75, 3.05) is 6.61 Å². The summed E-state index contributed by atoms with van der Waals surface area (Å²) < 4.78 is 1.95. The van der Waals surface area contributed by atoms with Gasteiger partial charge in [0.25, 0.3) is 0 Å². The number of rotatable bonds is 3. The number of hydrogen-bond donors (Lipinski definition) is 2. The van der Waals surface area contributed by atoms with E-state index in [9.17, 15) is 5.11 Å². The van der Waals surface area contributed by atoms with Crippen LogP contribution in [0.4, 0.5) is 0 Å². The molecule has 3 heteroatoms. The molecule has 0 spiro atoms. The predicted molar refractivity (Wildman–Crippen MR) is 59.8 cm³/mol. The zero-order valence-corrected chi connectivity index (χ0v) is 8.72. The normalized spacial score (nSPS) is 13.3. The third kappa shape index (κ3) is 2.03. The van der Waals surface area contributed by atoms with E-state index in [1.807, 2.05) is 29.0 Å². The summed E-state index contributed by atoms with van der Waals surface area (Å²) in [6, 6.07) is 8.21. The maximum atomic E-state index is 9.37. The summed E-state index contributed by atoms with van der Waals surface area (Å²) >= 11 is 0. The fourth-order valence-electron chi connectivity index (χ4n) is 1.76. The van der Waals surface area contributed by atoms with Gasteiger partial charge in [0.15, 0.2) is 0 Å². The molecule has 1 aromatic heterocycles. The molecule has 2 aromatic rings. The molecule has 0 unspecified atom stereocenters. The molecule has 0 aliphatic heterocycles. The number of hydrogen-bond acceptors (Lipinski definition) is 2. The van der Waals surface area contributed by atoms with Crippen molar-refractivity contribution >= 4 is 10.9 Å². The molecule has 2 rings (SSSR count). The molecule has 0 saturated carbocycles. The van der Waals surface area contributed by atoms with Crippen LogP contribution < -0.4 is 0 Å². The first-order chi connectivity index (χ1) is 7.20. The van der Waals surface area contributed by atoms with Crippen molar-refractivity contribution in [1.82, 2.24) is 4.57 Å². The molecule has 3 nitrogen and oxygen atoms in total. The van der Waals surface area contributed by atoms with E-state index < -0.39 is 6.10 Å². The number of aryl methyl sites for hydroxylation is 1. The van der Waals surface area contributed by atoms with Gasteiger partial charge in [-0.3, -0.25) is 0 Å². The van der Waals surface area contributed by atoms with E-state index in [-0.39, 0.29) is 6.61 Å². The second-order valence-electron chi connectivity index (χ2n) is 3.87. The number of nitrogens with zero attached hydrogens (tertiary/aromatic N) is 1. The van der Waals surface area contributed by atoms with Gasteiger partial charge in [-0.2, -0.15) is 0 Å². The smallest absolute Gasteiger partial charge is 0.0949 e. The number of fused-ring (bicyclic) bond motifs is 1. The van der Waals surface area contributed by atoms with Crippen LogP contribution in [-0.2, 0) is 6.54 Å². The Labute approximate surface area is 88.6 Å². The van der Waals surface area contributed by atoms with Crippen LogP contribution in [0.2, 0.25) is 0 Å². The van der Waals surface area contributed by atoms with E-state index in [2.05, 4.69) is 13.0 Å². The Kier molecular flexibility index (Phi) is 2.75. The van der Waals surface area contributed by atoms with E-state index in [4.69, 9.17) is 5.11 Å². The minimum absolute atomic E-state index is 0.203. The van der Waals surface area contributed by atoms with Gasteiger partial charge >= 0.3 is 0 Å². The molecule has 0 aliphatic carbocycles. The average Bonchev–Trinajstić information content (AvgIpc) is 2.60. The fourth-order valence-corrected chi connectivity index (χ4v) is 1.76. The quantitative estimate of drug-likeness (QED) is 0.793. The van der Waals surface area contributed by atoms with Gasteiger partial charge in [0.1, 0.15) is 0 Å². The van der Waals surface area contributed by atoms with Crippen molar-refractivity contribution < 1.29 is 10.2 Å². The third-order valence-corrected chi connectivity index (χ3v) is 2.54. The monoisotopic (exact) mass is 205 g/mol. The van der Waals surface area contributed by atoms with E-state index >= 15 is 0 Å². The number of aliphatic hydroxyl groups is 2. The Morgan fingerprint density at radius 2 is 2.13 bits per heavy atom. The van der Waals surface area contributed by atoms with Gasteiger partial charge in [-0.1, -0.05) is 11.6 Å². The highest BCUT2D eigenvalue weighted by Gasteiger charge is 2.06. The lowest BCUT2D eigenvalue weighted by atomic mass is 10.2. The van der Waals surface area contributed by atoms with Gasteiger partial charge in [-0.15, -0.1) is 0 Å². The van der Waals surface area contributed by atoms with Crippen molar-refractivity contribution in [3.8, 4) is 0 Å². The van der Waals surface area contributed by atoms with Crippen LogP contribution >= 0.6 is 0 Å². The standard InChI is InChI=1S/C12H15NO2/c1-9-2-3-12-10(6-9)4-5-13(12)7-11(15)8-14/h2-6,11,14-15H,7-8H2,1H3/t11-/m0/s1. The van der Waals surface area contributed by atoms with Crippen molar-refractivity contribution in [1.29, 1.82) is 0 Å². The molecule has 0 bridgehead atoms. The molecule has 0 amide bonds. The SMILES string of the molecule is Cc1ccc2c(ccn2C[C@H](O)CO)c1. The van der Waals surface area contributed by atoms with E-state index in [0.29, 0.717) is 6.54 Å². The molecule has 80 valence electrons. The summed E-state index contributed by atoms with van der Waals surface area (Å²) in [5.41, 5.74) is 2.32.